The van der Waals surface area contributed by atoms with E-state index in [0.29, 0.717) is 0 Å². The van der Waals surface area contributed by atoms with Gasteiger partial charge in [0.1, 0.15) is 5.75 Å². The highest BCUT2D eigenvalue weighted by Gasteiger charge is 2.16. The fourth-order valence-corrected chi connectivity index (χ4v) is 1.93. The molecule has 1 aliphatic rings. The zero-order valence-electron chi connectivity index (χ0n) is 7.56. The van der Waals surface area contributed by atoms with Crippen LogP contribution in [0, 0.1) is 0 Å². The molecular formula is C10H12ClNO. The molecule has 13 heavy (non-hydrogen) atoms. The minimum Gasteiger partial charge on any atom is -0.493 e. The highest BCUT2D eigenvalue weighted by atomic mass is 35.5. The molecule has 0 aromatic heterocycles. The van der Waals surface area contributed by atoms with Crippen molar-refractivity contribution >= 4 is 11.6 Å². The lowest BCUT2D eigenvalue weighted by Crippen LogP contribution is -2.06. The molecule has 0 fully saturated rings. The van der Waals surface area contributed by atoms with Crippen LogP contribution in [0.2, 0.25) is 5.02 Å². The summed E-state index contributed by atoms with van der Waals surface area (Å²) < 4.78 is 5.54. The van der Waals surface area contributed by atoms with Crippen LogP contribution >= 0.6 is 11.6 Å². The van der Waals surface area contributed by atoms with Crippen LogP contribution in [0.1, 0.15) is 11.1 Å². The third kappa shape index (κ3) is 1.64. The van der Waals surface area contributed by atoms with Crippen molar-refractivity contribution in [1.29, 1.82) is 0 Å². The van der Waals surface area contributed by atoms with Crippen LogP contribution in [-0.4, -0.2) is 13.7 Å². The van der Waals surface area contributed by atoms with Crippen LogP contribution < -0.4 is 10.1 Å². The normalized spacial score (nSPS) is 14.0. The van der Waals surface area contributed by atoms with Gasteiger partial charge in [0.25, 0.3) is 0 Å². The van der Waals surface area contributed by atoms with Gasteiger partial charge in [-0.2, -0.15) is 0 Å². The first-order valence-electron chi connectivity index (χ1n) is 4.40. The van der Waals surface area contributed by atoms with E-state index in [1.54, 1.807) is 0 Å². The molecule has 2 nitrogen and oxygen atoms in total. The fraction of sp³-hybridized carbons (Fsp3) is 0.400. The Morgan fingerprint density at radius 2 is 2.38 bits per heavy atom. The van der Waals surface area contributed by atoms with Crippen molar-refractivity contribution in [3.63, 3.8) is 0 Å². The van der Waals surface area contributed by atoms with E-state index >= 15 is 0 Å². The summed E-state index contributed by atoms with van der Waals surface area (Å²) in [6.45, 7) is 1.59. The summed E-state index contributed by atoms with van der Waals surface area (Å²) in [7, 11) is 1.92. The molecule has 0 bridgehead atoms. The summed E-state index contributed by atoms with van der Waals surface area (Å²) in [5.41, 5.74) is 2.39. The molecule has 1 heterocycles. The van der Waals surface area contributed by atoms with Crippen LogP contribution in [0.25, 0.3) is 0 Å². The van der Waals surface area contributed by atoms with E-state index in [0.717, 1.165) is 35.9 Å². The maximum atomic E-state index is 5.98. The van der Waals surface area contributed by atoms with Crippen molar-refractivity contribution in [1.82, 2.24) is 5.32 Å². The monoisotopic (exact) mass is 197 g/mol. The van der Waals surface area contributed by atoms with Crippen LogP contribution in [0.15, 0.2) is 12.1 Å². The van der Waals surface area contributed by atoms with Gasteiger partial charge in [0.05, 0.1) is 6.61 Å². The summed E-state index contributed by atoms with van der Waals surface area (Å²) >= 11 is 5.98. The number of ether oxygens (including phenoxy) is 1. The zero-order chi connectivity index (χ0) is 9.26. The molecule has 0 atom stereocenters. The summed E-state index contributed by atoms with van der Waals surface area (Å²) in [6.07, 6.45) is 0.979. The topological polar surface area (TPSA) is 21.3 Å². The molecule has 1 aliphatic heterocycles. The van der Waals surface area contributed by atoms with Crippen molar-refractivity contribution in [2.24, 2.45) is 0 Å². The molecule has 1 aromatic carbocycles. The van der Waals surface area contributed by atoms with Gasteiger partial charge in [0, 0.05) is 23.6 Å². The number of rotatable bonds is 2. The van der Waals surface area contributed by atoms with Gasteiger partial charge in [-0.15, -0.1) is 0 Å². The number of hydrogen-bond acceptors (Lipinski definition) is 2. The third-order valence-electron chi connectivity index (χ3n) is 2.19. The highest BCUT2D eigenvalue weighted by molar-refractivity contribution is 6.30. The third-order valence-corrected chi connectivity index (χ3v) is 2.41. The van der Waals surface area contributed by atoms with Crippen LogP contribution in [0.4, 0.5) is 0 Å². The van der Waals surface area contributed by atoms with Gasteiger partial charge < -0.3 is 10.1 Å². The highest BCUT2D eigenvalue weighted by Crippen LogP contribution is 2.32. The van der Waals surface area contributed by atoms with Crippen molar-refractivity contribution in [3.8, 4) is 5.75 Å². The van der Waals surface area contributed by atoms with Crippen LogP contribution in [0.3, 0.4) is 0 Å². The Hall–Kier alpha value is -0.730. The Morgan fingerprint density at radius 1 is 1.54 bits per heavy atom. The van der Waals surface area contributed by atoms with E-state index < -0.39 is 0 Å². The Balaban J connectivity index is 2.43. The van der Waals surface area contributed by atoms with E-state index in [9.17, 15) is 0 Å². The second-order valence-electron chi connectivity index (χ2n) is 3.18. The van der Waals surface area contributed by atoms with Crippen molar-refractivity contribution < 1.29 is 4.74 Å². The predicted molar refractivity (Wildman–Crippen MR) is 53.4 cm³/mol. The molecule has 3 heteroatoms. The molecule has 2 rings (SSSR count). The molecule has 0 aliphatic carbocycles. The quantitative estimate of drug-likeness (QED) is 0.783. The van der Waals surface area contributed by atoms with Crippen LogP contribution in [-0.2, 0) is 13.0 Å². The van der Waals surface area contributed by atoms with Gasteiger partial charge in [-0.05, 0) is 24.7 Å². The molecular weight excluding hydrogens is 186 g/mol. The number of hydrogen-bond donors (Lipinski definition) is 1. The second kappa shape index (κ2) is 3.56. The van der Waals surface area contributed by atoms with Gasteiger partial charge in [-0.25, -0.2) is 0 Å². The molecule has 0 radical (unpaired) electrons. The number of nitrogens with one attached hydrogen (secondary N) is 1. The lowest BCUT2D eigenvalue weighted by molar-refractivity contribution is 0.353. The number of halogens is 1. The molecule has 0 unspecified atom stereocenters. The van der Waals surface area contributed by atoms with Crippen LogP contribution in [0.5, 0.6) is 5.75 Å². The smallest absolute Gasteiger partial charge is 0.127 e. The summed E-state index contributed by atoms with van der Waals surface area (Å²) in [4.78, 5) is 0. The Kier molecular flexibility index (Phi) is 2.42. The molecule has 1 N–H and O–H groups in total. The first kappa shape index (κ1) is 8.85. The molecule has 0 saturated carbocycles. The largest absolute Gasteiger partial charge is 0.493 e. The molecule has 0 amide bonds. The van der Waals surface area contributed by atoms with Crippen molar-refractivity contribution in [2.45, 2.75) is 13.0 Å². The summed E-state index contributed by atoms with van der Waals surface area (Å²) in [5.74, 6) is 1.03. The standard InChI is InChI=1S/C10H12ClNO/c1-12-6-8-5-9(11)4-7-2-3-13-10(7)8/h4-5,12H,2-3,6H2,1H3. The fourth-order valence-electron chi connectivity index (χ4n) is 1.67. The van der Waals surface area contributed by atoms with E-state index in [1.807, 2.05) is 19.2 Å². The SMILES string of the molecule is CNCc1cc(Cl)cc2c1OCC2. The number of benzene rings is 1. The van der Waals surface area contributed by atoms with E-state index in [2.05, 4.69) is 5.32 Å². The Labute approximate surface area is 82.9 Å². The molecule has 0 saturated heterocycles. The van der Waals surface area contributed by atoms with Gasteiger partial charge in [0.15, 0.2) is 0 Å². The first-order valence-corrected chi connectivity index (χ1v) is 4.78. The van der Waals surface area contributed by atoms with E-state index in [-0.39, 0.29) is 0 Å². The summed E-state index contributed by atoms with van der Waals surface area (Å²) in [5, 5.41) is 3.90. The lowest BCUT2D eigenvalue weighted by Gasteiger charge is -2.07. The van der Waals surface area contributed by atoms with Gasteiger partial charge in [-0.3, -0.25) is 0 Å². The van der Waals surface area contributed by atoms with Gasteiger partial charge in [0.2, 0.25) is 0 Å². The lowest BCUT2D eigenvalue weighted by atomic mass is 10.1. The Bertz CT molecular complexity index is 325. The average Bonchev–Trinajstić information content (AvgIpc) is 2.52. The van der Waals surface area contributed by atoms with Gasteiger partial charge in [-0.1, -0.05) is 11.6 Å². The number of fused-ring (bicyclic) bond motifs is 1. The summed E-state index contributed by atoms with van der Waals surface area (Å²) in [6, 6.07) is 3.95. The Morgan fingerprint density at radius 3 is 3.15 bits per heavy atom. The predicted octanol–water partition coefficient (Wildman–Crippen LogP) is 1.99. The molecule has 70 valence electrons. The first-order chi connectivity index (χ1) is 6.31. The zero-order valence-corrected chi connectivity index (χ0v) is 8.32. The van der Waals surface area contributed by atoms with Crippen molar-refractivity contribution in [3.05, 3.63) is 28.3 Å². The minimum atomic E-state index is 0.784. The van der Waals surface area contributed by atoms with E-state index in [1.165, 1.54) is 5.56 Å². The maximum Gasteiger partial charge on any atom is 0.127 e. The minimum absolute atomic E-state index is 0.784. The van der Waals surface area contributed by atoms with Crippen molar-refractivity contribution in [2.75, 3.05) is 13.7 Å². The second-order valence-corrected chi connectivity index (χ2v) is 3.62. The maximum absolute atomic E-state index is 5.98. The molecule has 0 spiro atoms. The van der Waals surface area contributed by atoms with E-state index in [4.69, 9.17) is 16.3 Å². The molecule has 1 aromatic rings. The van der Waals surface area contributed by atoms with Gasteiger partial charge >= 0.3 is 0 Å². The average molecular weight is 198 g/mol.